The van der Waals surface area contributed by atoms with E-state index in [0.717, 1.165) is 6.42 Å². The summed E-state index contributed by atoms with van der Waals surface area (Å²) in [5.74, 6) is 0. The first-order valence-corrected chi connectivity index (χ1v) is 1.71. The molecule has 0 nitrogen and oxygen atoms in total. The first-order valence-electron chi connectivity index (χ1n) is 1.71. The zero-order valence-electron chi connectivity index (χ0n) is 6.12. The standard InChI is InChI=1S/C4H9.CH3.Li.Na/c1-3-4-2;;;/h1,3-4H2,2H3;1H3;;/q2*-1;2*+1. The van der Waals surface area contributed by atoms with Crippen molar-refractivity contribution in [2.24, 2.45) is 0 Å². The summed E-state index contributed by atoms with van der Waals surface area (Å²) < 4.78 is 0. The van der Waals surface area contributed by atoms with Gasteiger partial charge in [-0.25, -0.2) is 0 Å². The fraction of sp³-hybridized carbons (Fsp3) is 0.600. The average molecular weight is 102 g/mol. The van der Waals surface area contributed by atoms with Gasteiger partial charge in [-0.1, -0.05) is 13.3 Å². The summed E-state index contributed by atoms with van der Waals surface area (Å²) in [6, 6.07) is 0. The summed E-state index contributed by atoms with van der Waals surface area (Å²) >= 11 is 0. The van der Waals surface area contributed by atoms with Gasteiger partial charge in [0.05, 0.1) is 0 Å². The van der Waals surface area contributed by atoms with Crippen molar-refractivity contribution < 1.29 is 48.4 Å². The summed E-state index contributed by atoms with van der Waals surface area (Å²) in [5, 5.41) is 0. The van der Waals surface area contributed by atoms with Crippen molar-refractivity contribution >= 4 is 0 Å². The van der Waals surface area contributed by atoms with Crippen LogP contribution in [0.3, 0.4) is 0 Å². The molecule has 0 spiro atoms. The molecule has 2 heteroatoms. The number of hydrogen-bond acceptors (Lipinski definition) is 0. The van der Waals surface area contributed by atoms with Crippen LogP contribution in [0.4, 0.5) is 0 Å². The molecule has 0 saturated heterocycles. The van der Waals surface area contributed by atoms with Gasteiger partial charge < -0.3 is 14.4 Å². The second kappa shape index (κ2) is 25.6. The van der Waals surface area contributed by atoms with Crippen LogP contribution in [0.1, 0.15) is 19.8 Å². The summed E-state index contributed by atoms with van der Waals surface area (Å²) in [5.41, 5.74) is 0. The Kier molecular flexibility index (Phi) is 85.7. The van der Waals surface area contributed by atoms with E-state index in [1.807, 2.05) is 0 Å². The second-order valence-corrected chi connectivity index (χ2v) is 0.854. The molecule has 0 aromatic carbocycles. The van der Waals surface area contributed by atoms with E-state index in [0.29, 0.717) is 0 Å². The van der Waals surface area contributed by atoms with Gasteiger partial charge in [-0.05, 0) is 0 Å². The molecule has 0 aliphatic carbocycles. The largest absolute Gasteiger partial charge is 1.00 e. The number of unbranched alkanes of at least 4 members (excludes halogenated alkanes) is 1. The van der Waals surface area contributed by atoms with Crippen LogP contribution < -0.4 is 48.4 Å². The van der Waals surface area contributed by atoms with E-state index in [4.69, 9.17) is 0 Å². The minimum absolute atomic E-state index is 0. The molecule has 0 radical (unpaired) electrons. The van der Waals surface area contributed by atoms with Gasteiger partial charge in [-0.15, -0.1) is 0 Å². The number of hydrogen-bond donors (Lipinski definition) is 0. The smallest absolute Gasteiger partial charge is 0.358 e. The van der Waals surface area contributed by atoms with E-state index in [1.54, 1.807) is 0 Å². The summed E-state index contributed by atoms with van der Waals surface area (Å²) in [7, 11) is 0. The van der Waals surface area contributed by atoms with Crippen LogP contribution in [0.5, 0.6) is 0 Å². The molecule has 0 saturated carbocycles. The van der Waals surface area contributed by atoms with Crippen molar-refractivity contribution in [2.75, 3.05) is 0 Å². The SMILES string of the molecule is [CH2-]CCC.[CH3-].[Li+].[Na+]. The Balaban J connectivity index is -0.0000000150. The predicted molar refractivity (Wildman–Crippen MR) is 26.7 cm³/mol. The van der Waals surface area contributed by atoms with Crippen LogP contribution >= 0.6 is 0 Å². The third kappa shape index (κ3) is 35.3. The quantitative estimate of drug-likeness (QED) is 0.234. The van der Waals surface area contributed by atoms with E-state index in [-0.39, 0.29) is 55.8 Å². The topological polar surface area (TPSA) is 0 Å². The molecule has 34 valence electrons. The van der Waals surface area contributed by atoms with Gasteiger partial charge in [-0.3, -0.25) is 0 Å². The van der Waals surface area contributed by atoms with Crippen LogP contribution in [-0.4, -0.2) is 0 Å². The molecule has 0 fully saturated rings. The van der Waals surface area contributed by atoms with Gasteiger partial charge in [0.25, 0.3) is 0 Å². The number of rotatable bonds is 1. The van der Waals surface area contributed by atoms with Crippen molar-refractivity contribution in [1.82, 2.24) is 0 Å². The third-order valence-corrected chi connectivity index (χ3v) is 0.354. The van der Waals surface area contributed by atoms with Gasteiger partial charge in [0.2, 0.25) is 0 Å². The van der Waals surface area contributed by atoms with Gasteiger partial charge in [0.1, 0.15) is 0 Å². The maximum absolute atomic E-state index is 3.60. The van der Waals surface area contributed by atoms with Gasteiger partial charge in [-0.2, -0.15) is 6.42 Å². The summed E-state index contributed by atoms with van der Waals surface area (Å²) in [6.07, 6.45) is 2.28. The second-order valence-electron chi connectivity index (χ2n) is 0.854. The van der Waals surface area contributed by atoms with Crippen LogP contribution in [0, 0.1) is 14.4 Å². The fourth-order valence-corrected chi connectivity index (χ4v) is 0. The Morgan fingerprint density at radius 3 is 1.57 bits per heavy atom. The Hall–Kier alpha value is 1.60. The molecule has 0 N–H and O–H groups in total. The minimum atomic E-state index is 0. The molecule has 0 aromatic rings. The Bertz CT molecular complexity index is 10.0. The van der Waals surface area contributed by atoms with E-state index in [2.05, 4.69) is 13.8 Å². The maximum atomic E-state index is 3.60. The van der Waals surface area contributed by atoms with Crippen molar-refractivity contribution in [2.45, 2.75) is 19.8 Å². The first-order chi connectivity index (χ1) is 1.91. The third-order valence-electron chi connectivity index (χ3n) is 0.354. The molecular weight excluding hydrogens is 90.0 g/mol. The van der Waals surface area contributed by atoms with Crippen LogP contribution in [0.2, 0.25) is 0 Å². The molecule has 0 aromatic heterocycles. The molecule has 0 aliphatic rings. The van der Waals surface area contributed by atoms with Crippen molar-refractivity contribution in [1.29, 1.82) is 0 Å². The Labute approximate surface area is 81.9 Å². The average Bonchev–Trinajstić information content (AvgIpc) is 1.37. The van der Waals surface area contributed by atoms with Crippen LogP contribution in [0.25, 0.3) is 0 Å². The monoisotopic (exact) mass is 102 g/mol. The van der Waals surface area contributed by atoms with Gasteiger partial charge >= 0.3 is 48.4 Å². The zero-order valence-corrected chi connectivity index (χ0v) is 8.12. The molecule has 0 amide bonds. The van der Waals surface area contributed by atoms with E-state index in [1.165, 1.54) is 6.42 Å². The van der Waals surface area contributed by atoms with E-state index < -0.39 is 0 Å². The molecule has 0 atom stereocenters. The molecule has 7 heavy (non-hydrogen) atoms. The molecule has 0 bridgehead atoms. The van der Waals surface area contributed by atoms with E-state index in [9.17, 15) is 0 Å². The van der Waals surface area contributed by atoms with Crippen LogP contribution in [-0.2, 0) is 0 Å². The normalized spacial score (nSPS) is 4.29. The minimum Gasteiger partial charge on any atom is -0.358 e. The van der Waals surface area contributed by atoms with Crippen molar-refractivity contribution in [3.8, 4) is 0 Å². The molecule has 0 heterocycles. The molecule has 0 aliphatic heterocycles. The van der Waals surface area contributed by atoms with Crippen molar-refractivity contribution in [3.05, 3.63) is 14.4 Å². The van der Waals surface area contributed by atoms with E-state index >= 15 is 0 Å². The zero-order chi connectivity index (χ0) is 3.41. The Morgan fingerprint density at radius 1 is 1.43 bits per heavy atom. The van der Waals surface area contributed by atoms with Crippen molar-refractivity contribution in [3.63, 3.8) is 0 Å². The van der Waals surface area contributed by atoms with Gasteiger partial charge in [0.15, 0.2) is 0 Å². The fourth-order valence-electron chi connectivity index (χ4n) is 0. The first kappa shape index (κ1) is 23.5. The Morgan fingerprint density at radius 2 is 1.57 bits per heavy atom. The van der Waals surface area contributed by atoms with Crippen LogP contribution in [0.15, 0.2) is 0 Å². The predicted octanol–water partition coefficient (Wildman–Crippen LogP) is -3.92. The molecule has 0 unspecified atom stereocenters. The maximum Gasteiger partial charge on any atom is 1.00 e. The summed E-state index contributed by atoms with van der Waals surface area (Å²) in [6.45, 7) is 5.72. The molecule has 0 rings (SSSR count). The van der Waals surface area contributed by atoms with Gasteiger partial charge in [0, 0.05) is 0 Å². The molecular formula is C5H12LiNa. The summed E-state index contributed by atoms with van der Waals surface area (Å²) in [4.78, 5) is 0.